The van der Waals surface area contributed by atoms with Crippen molar-refractivity contribution in [3.63, 3.8) is 0 Å². The van der Waals surface area contributed by atoms with Gasteiger partial charge in [-0.25, -0.2) is 4.68 Å². The number of hydrogen-bond acceptors (Lipinski definition) is 3. The number of rotatable bonds is 7. The molecule has 1 rings (SSSR count). The molecule has 0 unspecified atom stereocenters. The van der Waals surface area contributed by atoms with Gasteiger partial charge in [-0.05, 0) is 12.8 Å². The largest absolute Gasteiger partial charge is 0.394 e. The Bertz CT molecular complexity index is 320. The van der Waals surface area contributed by atoms with Gasteiger partial charge in [0, 0.05) is 30.0 Å². The molecule has 0 saturated carbocycles. The summed E-state index contributed by atoms with van der Waals surface area (Å²) >= 11 is 0. The van der Waals surface area contributed by atoms with Crippen molar-refractivity contribution in [3.8, 4) is 0 Å². The highest BCUT2D eigenvalue weighted by Gasteiger charge is 2.24. The van der Waals surface area contributed by atoms with Crippen LogP contribution < -0.4 is 5.32 Å². The molecule has 0 atom stereocenters. The van der Waals surface area contributed by atoms with Crippen molar-refractivity contribution in [2.45, 2.75) is 38.8 Å². The maximum atomic E-state index is 9.41. The topological polar surface area (TPSA) is 50.1 Å². The summed E-state index contributed by atoms with van der Waals surface area (Å²) in [5, 5.41) is 16.9. The molecule has 0 fully saturated rings. The SMILES string of the molecule is C=Cn1cc(CNC(CC)(CC)CO)cn1. The maximum Gasteiger partial charge on any atom is 0.0613 e. The lowest BCUT2D eigenvalue weighted by molar-refractivity contribution is 0.149. The summed E-state index contributed by atoms with van der Waals surface area (Å²) < 4.78 is 1.68. The van der Waals surface area contributed by atoms with E-state index in [9.17, 15) is 5.11 Å². The molecule has 16 heavy (non-hydrogen) atoms. The van der Waals surface area contributed by atoms with Gasteiger partial charge >= 0.3 is 0 Å². The van der Waals surface area contributed by atoms with E-state index in [1.165, 1.54) is 0 Å². The standard InChI is InChI=1S/C12H21N3O/c1-4-12(5-2,10-16)13-7-11-8-14-15(6-3)9-11/h6,8-9,13,16H,3-5,7,10H2,1-2H3. The van der Waals surface area contributed by atoms with E-state index in [2.05, 4.69) is 30.8 Å². The van der Waals surface area contributed by atoms with E-state index >= 15 is 0 Å². The van der Waals surface area contributed by atoms with Crippen molar-refractivity contribution in [2.24, 2.45) is 0 Å². The Hall–Kier alpha value is -1.13. The van der Waals surface area contributed by atoms with Crippen molar-refractivity contribution in [2.75, 3.05) is 6.61 Å². The highest BCUT2D eigenvalue weighted by molar-refractivity contribution is 5.17. The molecular weight excluding hydrogens is 202 g/mol. The molecule has 0 aliphatic carbocycles. The van der Waals surface area contributed by atoms with E-state index in [0.29, 0.717) is 0 Å². The minimum atomic E-state index is -0.170. The molecule has 90 valence electrons. The molecule has 2 N–H and O–H groups in total. The van der Waals surface area contributed by atoms with Crippen LogP contribution in [0, 0.1) is 0 Å². The quantitative estimate of drug-likeness (QED) is 0.738. The normalized spacial score (nSPS) is 11.7. The minimum Gasteiger partial charge on any atom is -0.394 e. The fourth-order valence-corrected chi connectivity index (χ4v) is 1.64. The third-order valence-electron chi connectivity index (χ3n) is 3.17. The van der Waals surface area contributed by atoms with Crippen LogP contribution in [0.3, 0.4) is 0 Å². The first-order chi connectivity index (χ1) is 7.69. The first-order valence-electron chi connectivity index (χ1n) is 5.71. The fourth-order valence-electron chi connectivity index (χ4n) is 1.64. The lowest BCUT2D eigenvalue weighted by Gasteiger charge is -2.30. The van der Waals surface area contributed by atoms with Crippen LogP contribution in [0.5, 0.6) is 0 Å². The monoisotopic (exact) mass is 223 g/mol. The third kappa shape index (κ3) is 2.93. The molecule has 4 heteroatoms. The van der Waals surface area contributed by atoms with Gasteiger partial charge in [-0.15, -0.1) is 0 Å². The van der Waals surface area contributed by atoms with Crippen LogP contribution >= 0.6 is 0 Å². The molecule has 0 saturated heterocycles. The molecule has 1 aromatic heterocycles. The molecule has 0 bridgehead atoms. The van der Waals surface area contributed by atoms with Crippen molar-refractivity contribution in [1.29, 1.82) is 0 Å². The molecule has 1 heterocycles. The van der Waals surface area contributed by atoms with Gasteiger partial charge in [0.2, 0.25) is 0 Å². The summed E-state index contributed by atoms with van der Waals surface area (Å²) in [4.78, 5) is 0. The molecule has 0 spiro atoms. The van der Waals surface area contributed by atoms with Gasteiger partial charge in [0.1, 0.15) is 0 Å². The Morgan fingerprint density at radius 3 is 2.69 bits per heavy atom. The van der Waals surface area contributed by atoms with Crippen molar-refractivity contribution in [3.05, 3.63) is 24.5 Å². The van der Waals surface area contributed by atoms with Crippen LogP contribution in [0.15, 0.2) is 19.0 Å². The van der Waals surface area contributed by atoms with Crippen LogP contribution in [0.1, 0.15) is 32.3 Å². The zero-order valence-corrected chi connectivity index (χ0v) is 10.1. The first-order valence-corrected chi connectivity index (χ1v) is 5.71. The summed E-state index contributed by atoms with van der Waals surface area (Å²) in [6, 6.07) is 0. The Labute approximate surface area is 97.0 Å². The van der Waals surface area contributed by atoms with Gasteiger partial charge in [-0.1, -0.05) is 20.4 Å². The van der Waals surface area contributed by atoms with Crippen molar-refractivity contribution >= 4 is 6.20 Å². The highest BCUT2D eigenvalue weighted by atomic mass is 16.3. The van der Waals surface area contributed by atoms with Crippen molar-refractivity contribution < 1.29 is 5.11 Å². The number of aliphatic hydroxyl groups is 1. The number of nitrogens with one attached hydrogen (secondary N) is 1. The van der Waals surface area contributed by atoms with Crippen LogP contribution in [-0.2, 0) is 6.54 Å². The second kappa shape index (κ2) is 5.82. The van der Waals surface area contributed by atoms with Crippen LogP contribution in [-0.4, -0.2) is 27.0 Å². The second-order valence-electron chi connectivity index (χ2n) is 4.01. The first kappa shape index (κ1) is 12.9. The van der Waals surface area contributed by atoms with E-state index in [-0.39, 0.29) is 12.1 Å². The number of hydrogen-bond donors (Lipinski definition) is 2. The number of aliphatic hydroxyl groups excluding tert-OH is 1. The maximum absolute atomic E-state index is 9.41. The molecule has 0 aliphatic rings. The molecule has 0 radical (unpaired) electrons. The average Bonchev–Trinajstić information content (AvgIpc) is 2.80. The Morgan fingerprint density at radius 1 is 1.56 bits per heavy atom. The summed E-state index contributed by atoms with van der Waals surface area (Å²) in [7, 11) is 0. The van der Waals surface area contributed by atoms with E-state index in [0.717, 1.165) is 24.9 Å². The zero-order chi connectivity index (χ0) is 12.0. The van der Waals surface area contributed by atoms with Gasteiger partial charge in [0.25, 0.3) is 0 Å². The van der Waals surface area contributed by atoms with E-state index < -0.39 is 0 Å². The van der Waals surface area contributed by atoms with Gasteiger partial charge in [0.15, 0.2) is 0 Å². The van der Waals surface area contributed by atoms with Crippen LogP contribution in [0.4, 0.5) is 0 Å². The molecule has 4 nitrogen and oxygen atoms in total. The second-order valence-corrected chi connectivity index (χ2v) is 4.01. The number of aromatic nitrogens is 2. The molecule has 0 amide bonds. The van der Waals surface area contributed by atoms with Gasteiger partial charge in [-0.3, -0.25) is 0 Å². The molecule has 1 aromatic rings. The molecule has 0 aromatic carbocycles. The average molecular weight is 223 g/mol. The van der Waals surface area contributed by atoms with Crippen LogP contribution in [0.25, 0.3) is 6.20 Å². The summed E-state index contributed by atoms with van der Waals surface area (Å²) in [5.41, 5.74) is 0.927. The fraction of sp³-hybridized carbons (Fsp3) is 0.583. The van der Waals surface area contributed by atoms with Gasteiger partial charge in [0.05, 0.1) is 12.8 Å². The van der Waals surface area contributed by atoms with Gasteiger partial charge < -0.3 is 10.4 Å². The third-order valence-corrected chi connectivity index (χ3v) is 3.17. The summed E-state index contributed by atoms with van der Waals surface area (Å²) in [6.45, 7) is 8.69. The summed E-state index contributed by atoms with van der Waals surface area (Å²) in [6.07, 6.45) is 7.21. The zero-order valence-electron chi connectivity index (χ0n) is 10.1. The smallest absolute Gasteiger partial charge is 0.0613 e. The van der Waals surface area contributed by atoms with E-state index in [1.807, 2.05) is 12.4 Å². The lowest BCUT2D eigenvalue weighted by atomic mass is 9.94. The predicted octanol–water partition coefficient (Wildman–Crippen LogP) is 1.62. The lowest BCUT2D eigenvalue weighted by Crippen LogP contribution is -2.46. The van der Waals surface area contributed by atoms with E-state index in [1.54, 1.807) is 10.9 Å². The minimum absolute atomic E-state index is 0.162. The highest BCUT2D eigenvalue weighted by Crippen LogP contribution is 2.15. The predicted molar refractivity (Wildman–Crippen MR) is 65.9 cm³/mol. The van der Waals surface area contributed by atoms with E-state index in [4.69, 9.17) is 0 Å². The number of nitrogens with zero attached hydrogens (tertiary/aromatic N) is 2. The Morgan fingerprint density at radius 2 is 2.25 bits per heavy atom. The summed E-state index contributed by atoms with van der Waals surface area (Å²) in [5.74, 6) is 0. The van der Waals surface area contributed by atoms with Crippen LogP contribution in [0.2, 0.25) is 0 Å². The Kier molecular flexibility index (Phi) is 4.71. The van der Waals surface area contributed by atoms with Crippen molar-refractivity contribution in [1.82, 2.24) is 15.1 Å². The molecular formula is C12H21N3O. The Balaban J connectivity index is 2.58. The molecule has 0 aliphatic heterocycles. The van der Waals surface area contributed by atoms with Gasteiger partial charge in [-0.2, -0.15) is 5.10 Å².